The number of rotatable bonds is 7. The molecule has 0 saturated heterocycles. The lowest BCUT2D eigenvalue weighted by Crippen LogP contribution is -2.26. The molecule has 38 heavy (non-hydrogen) atoms. The Kier molecular flexibility index (Phi) is 7.62. The number of aryl methyl sites for hydroxylation is 1. The maximum absolute atomic E-state index is 12.9. The Bertz CT molecular complexity index is 1460. The average Bonchev–Trinajstić information content (AvgIpc) is 3.56. The van der Waals surface area contributed by atoms with Gasteiger partial charge in [-0.25, -0.2) is 17.9 Å². The van der Waals surface area contributed by atoms with Gasteiger partial charge in [-0.2, -0.15) is 0 Å². The molecule has 2 aliphatic rings. The van der Waals surface area contributed by atoms with Crippen molar-refractivity contribution in [3.05, 3.63) is 92.5 Å². The first-order valence-electron chi connectivity index (χ1n) is 12.9. The van der Waals surface area contributed by atoms with Crippen molar-refractivity contribution in [2.45, 2.75) is 63.8 Å². The number of nitrogens with one attached hydrogen (secondary N) is 1. The maximum Gasteiger partial charge on any atom is 0.343 e. The molecule has 0 radical (unpaired) electrons. The van der Waals surface area contributed by atoms with E-state index in [-0.39, 0.29) is 27.6 Å². The van der Waals surface area contributed by atoms with Crippen LogP contribution in [0.25, 0.3) is 0 Å². The second-order valence-corrected chi connectivity index (χ2v) is 13.4. The van der Waals surface area contributed by atoms with Gasteiger partial charge < -0.3 is 4.74 Å². The summed E-state index contributed by atoms with van der Waals surface area (Å²) in [6.07, 6.45) is 6.87. The van der Waals surface area contributed by atoms with Crippen LogP contribution in [0.15, 0.2) is 59.5 Å². The summed E-state index contributed by atoms with van der Waals surface area (Å²) in [6.45, 7) is 4.33. The van der Waals surface area contributed by atoms with E-state index in [4.69, 9.17) is 27.9 Å². The number of hydrogen-bond acceptors (Lipinski definition) is 4. The maximum atomic E-state index is 12.9. The van der Waals surface area contributed by atoms with E-state index in [0.717, 1.165) is 29.5 Å². The van der Waals surface area contributed by atoms with Gasteiger partial charge in [0.15, 0.2) is 5.75 Å². The molecule has 5 nitrogen and oxygen atoms in total. The van der Waals surface area contributed by atoms with Crippen LogP contribution in [-0.2, 0) is 29.4 Å². The fraction of sp³-hybridized carbons (Fsp3) is 0.367. The van der Waals surface area contributed by atoms with E-state index in [1.165, 1.54) is 25.7 Å². The van der Waals surface area contributed by atoms with Gasteiger partial charge in [0, 0.05) is 6.54 Å². The molecule has 1 fully saturated rings. The van der Waals surface area contributed by atoms with Crippen molar-refractivity contribution in [1.82, 2.24) is 4.72 Å². The highest BCUT2D eigenvalue weighted by molar-refractivity contribution is 7.89. The molecule has 0 amide bonds. The minimum absolute atomic E-state index is 0.0948. The first-order chi connectivity index (χ1) is 18.1. The molecule has 1 atom stereocenters. The molecule has 0 spiro atoms. The number of sulfonamides is 1. The Morgan fingerprint density at radius 1 is 1.00 bits per heavy atom. The second-order valence-electron chi connectivity index (χ2n) is 10.9. The first-order valence-corrected chi connectivity index (χ1v) is 15.2. The SMILES string of the molecule is Cc1ccc(S(=O)(=O)NCc2ccc(C(=O)Oc3cc4c(c(Cl)c3Cl)CC(C)(C3CCCC3)C4)cc2)cc1. The van der Waals surface area contributed by atoms with Crippen LogP contribution in [0.3, 0.4) is 0 Å². The van der Waals surface area contributed by atoms with Gasteiger partial charge in [0.25, 0.3) is 0 Å². The number of hydrogen-bond donors (Lipinski definition) is 1. The molecule has 5 rings (SSSR count). The van der Waals surface area contributed by atoms with E-state index in [2.05, 4.69) is 11.6 Å². The summed E-state index contributed by atoms with van der Waals surface area (Å²) in [5, 5.41) is 0.737. The van der Waals surface area contributed by atoms with Gasteiger partial charge in [-0.1, -0.05) is 72.8 Å². The predicted molar refractivity (Wildman–Crippen MR) is 151 cm³/mol. The summed E-state index contributed by atoms with van der Waals surface area (Å²) < 4.78 is 33.4. The van der Waals surface area contributed by atoms with Crippen molar-refractivity contribution in [2.24, 2.45) is 11.3 Å². The zero-order valence-electron chi connectivity index (χ0n) is 21.5. The summed E-state index contributed by atoms with van der Waals surface area (Å²) >= 11 is 13.2. The molecule has 0 bridgehead atoms. The van der Waals surface area contributed by atoms with E-state index in [0.29, 0.717) is 22.1 Å². The van der Waals surface area contributed by atoms with Crippen LogP contribution in [0.5, 0.6) is 5.75 Å². The lowest BCUT2D eigenvalue weighted by molar-refractivity contribution is 0.0734. The largest absolute Gasteiger partial charge is 0.421 e. The van der Waals surface area contributed by atoms with E-state index >= 15 is 0 Å². The third-order valence-electron chi connectivity index (χ3n) is 8.07. The number of halogens is 2. The van der Waals surface area contributed by atoms with Crippen LogP contribution in [-0.4, -0.2) is 14.4 Å². The average molecular weight is 573 g/mol. The Morgan fingerprint density at radius 2 is 1.66 bits per heavy atom. The number of esters is 1. The first kappa shape index (κ1) is 27.2. The molecule has 2 aliphatic carbocycles. The molecule has 1 saturated carbocycles. The minimum Gasteiger partial charge on any atom is -0.421 e. The van der Waals surface area contributed by atoms with E-state index in [9.17, 15) is 13.2 Å². The number of benzene rings is 3. The van der Waals surface area contributed by atoms with Gasteiger partial charge in [0.05, 0.1) is 15.5 Å². The topological polar surface area (TPSA) is 72.5 Å². The number of fused-ring (bicyclic) bond motifs is 1. The molecule has 1 N–H and O–H groups in total. The number of carbonyl (C=O) groups is 1. The predicted octanol–water partition coefficient (Wildman–Crippen LogP) is 7.29. The second kappa shape index (κ2) is 10.6. The van der Waals surface area contributed by atoms with Gasteiger partial charge >= 0.3 is 5.97 Å². The highest BCUT2D eigenvalue weighted by Gasteiger charge is 2.42. The van der Waals surface area contributed by atoms with Gasteiger partial charge in [-0.15, -0.1) is 0 Å². The van der Waals surface area contributed by atoms with Crippen LogP contribution in [0.1, 0.15) is 65.2 Å². The Hall–Kier alpha value is -2.38. The fourth-order valence-corrected chi connectivity index (χ4v) is 7.33. The lowest BCUT2D eigenvalue weighted by Gasteiger charge is -2.31. The monoisotopic (exact) mass is 571 g/mol. The number of carbonyl (C=O) groups excluding carboxylic acids is 1. The molecule has 3 aromatic rings. The molecule has 0 heterocycles. The van der Waals surface area contributed by atoms with Crippen LogP contribution in [0.4, 0.5) is 0 Å². The van der Waals surface area contributed by atoms with Gasteiger partial charge in [-0.05, 0) is 91.0 Å². The van der Waals surface area contributed by atoms with Crippen molar-refractivity contribution < 1.29 is 17.9 Å². The van der Waals surface area contributed by atoms with Crippen LogP contribution >= 0.6 is 23.2 Å². The molecule has 0 aliphatic heterocycles. The van der Waals surface area contributed by atoms with Crippen molar-refractivity contribution in [3.63, 3.8) is 0 Å². The van der Waals surface area contributed by atoms with Crippen LogP contribution in [0.2, 0.25) is 10.0 Å². The number of ether oxygens (including phenoxy) is 1. The zero-order valence-corrected chi connectivity index (χ0v) is 23.8. The van der Waals surface area contributed by atoms with Gasteiger partial charge in [0.1, 0.15) is 5.02 Å². The molecule has 200 valence electrons. The highest BCUT2D eigenvalue weighted by atomic mass is 35.5. The summed E-state index contributed by atoms with van der Waals surface area (Å²) in [6, 6.07) is 15.1. The third-order valence-corrected chi connectivity index (χ3v) is 10.4. The van der Waals surface area contributed by atoms with E-state index in [1.54, 1.807) is 48.5 Å². The van der Waals surface area contributed by atoms with Crippen molar-refractivity contribution >= 4 is 39.2 Å². The molecule has 8 heteroatoms. The molecular formula is C30H31Cl2NO4S. The molecule has 1 unspecified atom stereocenters. The minimum atomic E-state index is -3.64. The Morgan fingerprint density at radius 3 is 2.32 bits per heavy atom. The normalized spacial score (nSPS) is 19.5. The Balaban J connectivity index is 1.25. The molecule has 0 aromatic heterocycles. The fourth-order valence-electron chi connectivity index (χ4n) is 5.82. The zero-order chi connectivity index (χ0) is 27.1. The summed E-state index contributed by atoms with van der Waals surface area (Å²) in [5.41, 5.74) is 4.36. The van der Waals surface area contributed by atoms with Crippen LogP contribution in [0, 0.1) is 18.3 Å². The summed E-state index contributed by atoms with van der Waals surface area (Å²) in [5.74, 6) is 0.396. The van der Waals surface area contributed by atoms with Gasteiger partial charge in [0.2, 0.25) is 10.0 Å². The van der Waals surface area contributed by atoms with Crippen molar-refractivity contribution in [3.8, 4) is 5.75 Å². The third kappa shape index (κ3) is 5.50. The standard InChI is InChI=1S/C30H31Cl2NO4S/c1-19-7-13-24(14-8-19)38(35,36)33-18-20-9-11-21(12-10-20)29(34)37-26-15-22-16-30(2,23-5-3-4-6-23)17-25(22)27(31)28(26)32/h7-15,23,33H,3-6,16-18H2,1-2H3. The Labute approximate surface area is 234 Å². The van der Waals surface area contributed by atoms with Crippen molar-refractivity contribution in [1.29, 1.82) is 0 Å². The van der Waals surface area contributed by atoms with E-state index < -0.39 is 16.0 Å². The quantitative estimate of drug-likeness (QED) is 0.238. The molecular weight excluding hydrogens is 541 g/mol. The van der Waals surface area contributed by atoms with E-state index in [1.807, 2.05) is 13.0 Å². The summed E-state index contributed by atoms with van der Waals surface area (Å²) in [7, 11) is -3.64. The van der Waals surface area contributed by atoms with Gasteiger partial charge in [-0.3, -0.25) is 0 Å². The highest BCUT2D eigenvalue weighted by Crippen LogP contribution is 2.52. The summed E-state index contributed by atoms with van der Waals surface area (Å²) in [4.78, 5) is 13.1. The smallest absolute Gasteiger partial charge is 0.343 e. The van der Waals surface area contributed by atoms with Crippen LogP contribution < -0.4 is 9.46 Å². The molecule has 3 aromatic carbocycles. The van der Waals surface area contributed by atoms with Crippen molar-refractivity contribution in [2.75, 3.05) is 0 Å². The lowest BCUT2D eigenvalue weighted by atomic mass is 9.74.